The van der Waals surface area contributed by atoms with Crippen molar-refractivity contribution in [2.24, 2.45) is 13.0 Å². The van der Waals surface area contributed by atoms with Gasteiger partial charge in [-0.1, -0.05) is 18.1 Å². The summed E-state index contributed by atoms with van der Waals surface area (Å²) in [7, 11) is 1.77. The fourth-order valence-corrected chi connectivity index (χ4v) is 11.0. The first-order valence-corrected chi connectivity index (χ1v) is 22.3. The molecular weight excluding hydrogens is 831 g/mol. The van der Waals surface area contributed by atoms with Crippen molar-refractivity contribution in [3.05, 3.63) is 128 Å². The summed E-state index contributed by atoms with van der Waals surface area (Å²) in [6, 6.07) is 15.0. The summed E-state index contributed by atoms with van der Waals surface area (Å²) in [6.07, 6.45) is 5.96. The van der Waals surface area contributed by atoms with Crippen molar-refractivity contribution in [2.75, 3.05) is 13.2 Å². The molecular formula is C49H50F2N10O4. The van der Waals surface area contributed by atoms with Crippen LogP contribution < -0.4 is 5.76 Å². The average Bonchev–Trinajstić information content (AvgIpc) is 3.90. The molecule has 65 heavy (non-hydrogen) atoms. The highest BCUT2D eigenvalue weighted by atomic mass is 19.1. The monoisotopic (exact) mass is 880 g/mol. The number of hydrogen-bond donors (Lipinski definition) is 1. The van der Waals surface area contributed by atoms with E-state index in [-0.39, 0.29) is 29.2 Å². The zero-order valence-electron chi connectivity index (χ0n) is 37.7. The summed E-state index contributed by atoms with van der Waals surface area (Å²) in [5.74, 6) is -0.875. The molecule has 16 heteroatoms. The molecule has 3 aromatic carbocycles. The summed E-state index contributed by atoms with van der Waals surface area (Å²) in [6.45, 7) is 14.7. The van der Waals surface area contributed by atoms with Crippen molar-refractivity contribution < 1.29 is 22.8 Å². The quantitative estimate of drug-likeness (QED) is 0.167. The van der Waals surface area contributed by atoms with Gasteiger partial charge in [0.2, 0.25) is 0 Å². The average molecular weight is 881 g/mol. The van der Waals surface area contributed by atoms with Crippen molar-refractivity contribution in [1.29, 1.82) is 0 Å². The maximum atomic E-state index is 16.3. The summed E-state index contributed by atoms with van der Waals surface area (Å²) in [5, 5.41) is 15.0. The summed E-state index contributed by atoms with van der Waals surface area (Å²) >= 11 is 0. The van der Waals surface area contributed by atoms with Crippen LogP contribution in [0.4, 0.5) is 8.78 Å². The van der Waals surface area contributed by atoms with E-state index >= 15 is 13.6 Å². The Morgan fingerprint density at radius 3 is 2.43 bits per heavy atom. The highest BCUT2D eigenvalue weighted by Crippen LogP contribution is 2.56. The molecule has 1 saturated heterocycles. The standard InChI is InChI=1S/C49H50F2N10O4/c1-25-17-33(18-26(2)41(25)50)61-44(43-29(5)59(24-52-43)38-12-11-37-34(42(38)51)23-53-57(37)8)40-28(4)58(15-13-35(40)55-61)45(62)39-20-32-19-30(31-14-16-64-48(6,7)22-31)9-10-36(32)60(39)49(21-27(49)3)46-54-47(63)65-56-46/h9-12,17-20,23-24,27-28,31H,13-16,21-22H2,1-8H3,(H,54,56,63)/t27-,28-,31-,49-/m0/s1. The summed E-state index contributed by atoms with van der Waals surface area (Å²) in [5.41, 5.74) is 7.39. The van der Waals surface area contributed by atoms with E-state index in [1.807, 2.05) is 30.9 Å². The Morgan fingerprint density at radius 2 is 1.72 bits per heavy atom. The Bertz CT molecular complexity index is 3310. The minimum Gasteiger partial charge on any atom is -0.376 e. The number of imidazole rings is 1. The minimum atomic E-state index is -0.822. The molecule has 1 saturated carbocycles. The van der Waals surface area contributed by atoms with Crippen LogP contribution in [0, 0.1) is 38.3 Å². The first-order valence-electron chi connectivity index (χ1n) is 22.3. The third-order valence-corrected chi connectivity index (χ3v) is 14.5. The topological polar surface area (TPSA) is 147 Å². The van der Waals surface area contributed by atoms with Crippen LogP contribution in [-0.4, -0.2) is 73.4 Å². The van der Waals surface area contributed by atoms with E-state index < -0.39 is 23.2 Å². The predicted octanol–water partition coefficient (Wildman–Crippen LogP) is 8.66. The van der Waals surface area contributed by atoms with Crippen LogP contribution in [0.3, 0.4) is 0 Å². The van der Waals surface area contributed by atoms with Crippen molar-refractivity contribution in [3.8, 4) is 22.8 Å². The van der Waals surface area contributed by atoms with E-state index in [1.54, 1.807) is 59.4 Å². The fraction of sp³-hybridized carbons (Fsp3) is 0.388. The number of nitrogens with one attached hydrogen (secondary N) is 1. The zero-order valence-corrected chi connectivity index (χ0v) is 37.7. The molecule has 7 heterocycles. The van der Waals surface area contributed by atoms with Gasteiger partial charge in [0.1, 0.15) is 29.1 Å². The second-order valence-corrected chi connectivity index (χ2v) is 19.0. The number of aryl methyl sites for hydroxylation is 3. The number of rotatable bonds is 7. The number of aromatic amines is 1. The van der Waals surface area contributed by atoms with Crippen LogP contribution in [-0.2, 0) is 23.7 Å². The number of ether oxygens (including phenoxy) is 1. The number of aromatic nitrogens is 9. The molecule has 0 radical (unpaired) electrons. The lowest BCUT2D eigenvalue weighted by molar-refractivity contribution is -0.0592. The van der Waals surface area contributed by atoms with Crippen LogP contribution >= 0.6 is 0 Å². The van der Waals surface area contributed by atoms with Crippen LogP contribution in [0.2, 0.25) is 0 Å². The number of nitrogens with zero attached hydrogens (tertiary/aromatic N) is 9. The second kappa shape index (κ2) is 14.4. The molecule has 5 aromatic heterocycles. The van der Waals surface area contributed by atoms with Crippen LogP contribution in [0.5, 0.6) is 0 Å². The van der Waals surface area contributed by atoms with Crippen molar-refractivity contribution in [2.45, 2.75) is 97.2 Å². The van der Waals surface area contributed by atoms with Crippen LogP contribution in [0.15, 0.2) is 70.4 Å². The van der Waals surface area contributed by atoms with Crippen LogP contribution in [0.1, 0.15) is 109 Å². The second-order valence-electron chi connectivity index (χ2n) is 19.0. The van der Waals surface area contributed by atoms with Gasteiger partial charge in [0.25, 0.3) is 5.91 Å². The predicted molar refractivity (Wildman–Crippen MR) is 240 cm³/mol. The highest BCUT2D eigenvalue weighted by Gasteiger charge is 2.59. The van der Waals surface area contributed by atoms with E-state index in [1.165, 1.54) is 11.8 Å². The number of fused-ring (bicyclic) bond motifs is 3. The minimum absolute atomic E-state index is 0.0287. The lowest BCUT2D eigenvalue weighted by Gasteiger charge is -2.35. The highest BCUT2D eigenvalue weighted by molar-refractivity contribution is 6.00. The Labute approximate surface area is 372 Å². The normalized spacial score (nSPS) is 21.7. The third kappa shape index (κ3) is 6.19. The first-order chi connectivity index (χ1) is 31.1. The number of carbonyl (C=O) groups excluding carboxylic acids is 1. The molecule has 334 valence electrons. The van der Waals surface area contributed by atoms with Gasteiger partial charge in [-0.3, -0.25) is 23.6 Å². The van der Waals surface area contributed by atoms with Gasteiger partial charge in [-0.25, -0.2) is 23.2 Å². The SMILES string of the molecule is Cc1cc(-n2nc3c(c2-c2ncn(-c4ccc5c(cnn5C)c4F)c2C)[C@H](C)N(C(=O)c2cc4cc([C@H]5CCOC(C)(C)C5)ccc4n2[C@@]2(c4noc(=O)[nH]4)C[C@@H]2C)CC3)cc(C)c1F. The Kier molecular flexibility index (Phi) is 9.10. The number of amides is 1. The first kappa shape index (κ1) is 41.1. The molecule has 14 nitrogen and oxygen atoms in total. The lowest BCUT2D eigenvalue weighted by Crippen LogP contribution is -2.41. The van der Waals surface area contributed by atoms with E-state index in [9.17, 15) is 4.79 Å². The van der Waals surface area contributed by atoms with E-state index in [4.69, 9.17) is 19.3 Å². The van der Waals surface area contributed by atoms with Gasteiger partial charge in [-0.15, -0.1) is 0 Å². The van der Waals surface area contributed by atoms with E-state index in [2.05, 4.69) is 58.8 Å². The molecule has 1 amide bonds. The Morgan fingerprint density at radius 1 is 0.969 bits per heavy atom. The zero-order chi connectivity index (χ0) is 45.4. The molecule has 2 aliphatic heterocycles. The lowest BCUT2D eigenvalue weighted by atomic mass is 9.83. The van der Waals surface area contributed by atoms with Crippen molar-refractivity contribution in [3.63, 3.8) is 0 Å². The maximum absolute atomic E-state index is 16.3. The van der Waals surface area contributed by atoms with Gasteiger partial charge in [-0.05, 0) is 132 Å². The molecule has 11 rings (SSSR count). The van der Waals surface area contributed by atoms with Crippen LogP contribution in [0.25, 0.3) is 44.6 Å². The Balaban J connectivity index is 1.06. The number of H-pyrrole nitrogens is 1. The van der Waals surface area contributed by atoms with Gasteiger partial charge in [0.05, 0.1) is 51.5 Å². The van der Waals surface area contributed by atoms with Crippen molar-refractivity contribution in [1.82, 2.24) is 48.7 Å². The van der Waals surface area contributed by atoms with Gasteiger partial charge in [0.15, 0.2) is 11.6 Å². The maximum Gasteiger partial charge on any atom is 0.438 e. The molecule has 4 atom stereocenters. The molecule has 3 aliphatic rings. The van der Waals surface area contributed by atoms with Gasteiger partial charge in [-0.2, -0.15) is 10.2 Å². The number of benzene rings is 3. The number of halogens is 2. The molecule has 8 aromatic rings. The van der Waals surface area contributed by atoms with E-state index in [0.29, 0.717) is 88.0 Å². The summed E-state index contributed by atoms with van der Waals surface area (Å²) < 4.78 is 49.8. The molecule has 0 unspecified atom stereocenters. The van der Waals surface area contributed by atoms with Crippen molar-refractivity contribution >= 4 is 27.7 Å². The van der Waals surface area contributed by atoms with E-state index in [0.717, 1.165) is 35.0 Å². The molecule has 2 fully saturated rings. The smallest absolute Gasteiger partial charge is 0.376 e. The molecule has 1 N–H and O–H groups in total. The van der Waals surface area contributed by atoms with Gasteiger partial charge in [0, 0.05) is 48.8 Å². The fourth-order valence-electron chi connectivity index (χ4n) is 11.0. The largest absolute Gasteiger partial charge is 0.438 e. The van der Waals surface area contributed by atoms with Gasteiger partial charge < -0.3 is 14.2 Å². The summed E-state index contributed by atoms with van der Waals surface area (Å²) in [4.78, 5) is 37.7. The molecule has 0 spiro atoms. The number of carbonyl (C=O) groups is 1. The third-order valence-electron chi connectivity index (χ3n) is 14.5. The molecule has 0 bridgehead atoms. The number of hydrogen-bond acceptors (Lipinski definition) is 8. The Hall–Kier alpha value is -6.68. The molecule has 1 aliphatic carbocycles. The van der Waals surface area contributed by atoms with Gasteiger partial charge >= 0.3 is 5.76 Å².